The zero-order valence-electron chi connectivity index (χ0n) is 10.8. The van der Waals surface area contributed by atoms with E-state index in [0.29, 0.717) is 5.78 Å². The van der Waals surface area contributed by atoms with Crippen molar-refractivity contribution in [2.75, 3.05) is 0 Å². The lowest BCUT2D eigenvalue weighted by atomic mass is 9.65. The van der Waals surface area contributed by atoms with Gasteiger partial charge in [0.15, 0.2) is 0 Å². The second-order valence-electron chi connectivity index (χ2n) is 6.41. The Hall–Kier alpha value is -0.893. The summed E-state index contributed by atoms with van der Waals surface area (Å²) in [6, 6.07) is 11.8. The fourth-order valence-electron chi connectivity index (χ4n) is 3.52. The average Bonchev–Trinajstić information content (AvgIpc) is 2.24. The lowest BCUT2D eigenvalue weighted by Crippen LogP contribution is -2.55. The average molecular weight is 244 g/mol. The van der Waals surface area contributed by atoms with E-state index in [4.69, 9.17) is 0 Å². The van der Waals surface area contributed by atoms with Gasteiger partial charge in [-0.15, -0.1) is 0 Å². The number of carbonyl (C=O) groups excluding carboxylic acids is 1. The number of ketones is 1. The van der Waals surface area contributed by atoms with Crippen molar-refractivity contribution >= 4 is 19.0 Å². The SMILES string of the molecule is CC1(c2ccccc2[Si]2(C)CCC2)CC(=O)C1. The molecule has 1 aromatic rings. The summed E-state index contributed by atoms with van der Waals surface area (Å²) in [6.45, 7) is 4.78. The number of hydrogen-bond acceptors (Lipinski definition) is 1. The predicted octanol–water partition coefficient (Wildman–Crippen LogP) is 3.00. The molecule has 3 rings (SSSR count). The number of benzene rings is 1. The zero-order valence-corrected chi connectivity index (χ0v) is 11.8. The maximum Gasteiger partial charge on any atom is 0.134 e. The third-order valence-corrected chi connectivity index (χ3v) is 9.51. The lowest BCUT2D eigenvalue weighted by molar-refractivity contribution is -0.127. The summed E-state index contributed by atoms with van der Waals surface area (Å²) in [4.78, 5) is 11.3. The second kappa shape index (κ2) is 3.55. The van der Waals surface area contributed by atoms with Crippen molar-refractivity contribution in [1.82, 2.24) is 0 Å². The molecule has 0 unspecified atom stereocenters. The van der Waals surface area contributed by atoms with Crippen LogP contribution < -0.4 is 5.19 Å². The summed E-state index contributed by atoms with van der Waals surface area (Å²) >= 11 is 0. The summed E-state index contributed by atoms with van der Waals surface area (Å²) < 4.78 is 0. The van der Waals surface area contributed by atoms with Crippen molar-refractivity contribution in [3.05, 3.63) is 29.8 Å². The molecule has 1 aromatic carbocycles. The standard InChI is InChI=1S/C15H20OSi/c1-15(10-12(16)11-15)13-6-3-4-7-14(13)17(2)8-5-9-17/h3-4,6-7H,5,8-11H2,1-2H3. The molecule has 2 fully saturated rings. The number of carbonyl (C=O) groups is 1. The number of hydrogen-bond donors (Lipinski definition) is 0. The van der Waals surface area contributed by atoms with Crippen LogP contribution >= 0.6 is 0 Å². The van der Waals surface area contributed by atoms with E-state index in [1.807, 2.05) is 0 Å². The molecule has 0 amide bonds. The van der Waals surface area contributed by atoms with Crippen LogP contribution in [-0.2, 0) is 10.2 Å². The van der Waals surface area contributed by atoms with Gasteiger partial charge in [-0.25, -0.2) is 0 Å². The number of Topliss-reactive ketones (excluding diaryl/α,β-unsaturated/α-hetero) is 1. The van der Waals surface area contributed by atoms with Crippen LogP contribution in [0.1, 0.15) is 31.7 Å². The normalized spacial score (nSPS) is 24.9. The molecule has 1 nitrogen and oxygen atoms in total. The third kappa shape index (κ3) is 1.61. The van der Waals surface area contributed by atoms with E-state index >= 15 is 0 Å². The molecule has 0 atom stereocenters. The summed E-state index contributed by atoms with van der Waals surface area (Å²) in [5, 5.41) is 1.64. The van der Waals surface area contributed by atoms with E-state index in [9.17, 15) is 4.79 Å². The van der Waals surface area contributed by atoms with Crippen LogP contribution in [0.4, 0.5) is 0 Å². The second-order valence-corrected chi connectivity index (χ2v) is 11.1. The number of rotatable bonds is 2. The van der Waals surface area contributed by atoms with Gasteiger partial charge in [-0.2, -0.15) is 0 Å². The van der Waals surface area contributed by atoms with E-state index in [1.165, 1.54) is 24.1 Å². The predicted molar refractivity (Wildman–Crippen MR) is 73.5 cm³/mol. The third-order valence-electron chi connectivity index (χ3n) is 4.86. The van der Waals surface area contributed by atoms with Crippen molar-refractivity contribution in [2.45, 2.75) is 50.2 Å². The first kappa shape index (κ1) is 11.2. The smallest absolute Gasteiger partial charge is 0.134 e. The van der Waals surface area contributed by atoms with E-state index < -0.39 is 8.07 Å². The van der Waals surface area contributed by atoms with Crippen LogP contribution in [0.2, 0.25) is 18.6 Å². The van der Waals surface area contributed by atoms with E-state index in [0.717, 1.165) is 12.8 Å². The van der Waals surface area contributed by atoms with Crippen LogP contribution in [0.5, 0.6) is 0 Å². The van der Waals surface area contributed by atoms with E-state index in [-0.39, 0.29) is 5.41 Å². The van der Waals surface area contributed by atoms with Crippen molar-refractivity contribution in [1.29, 1.82) is 0 Å². The maximum absolute atomic E-state index is 11.3. The van der Waals surface area contributed by atoms with Gasteiger partial charge < -0.3 is 0 Å². The molecule has 1 aliphatic carbocycles. The van der Waals surface area contributed by atoms with Gasteiger partial charge >= 0.3 is 0 Å². The first-order valence-corrected chi connectivity index (χ1v) is 9.57. The quantitative estimate of drug-likeness (QED) is 0.731. The van der Waals surface area contributed by atoms with Gasteiger partial charge in [0.2, 0.25) is 0 Å². The van der Waals surface area contributed by atoms with Crippen LogP contribution in [0.25, 0.3) is 0 Å². The van der Waals surface area contributed by atoms with Crippen molar-refractivity contribution in [3.63, 3.8) is 0 Å². The van der Waals surface area contributed by atoms with Crippen LogP contribution in [-0.4, -0.2) is 13.9 Å². The molecular weight excluding hydrogens is 224 g/mol. The van der Waals surface area contributed by atoms with Gasteiger partial charge in [0.1, 0.15) is 5.78 Å². The van der Waals surface area contributed by atoms with Gasteiger partial charge in [0.25, 0.3) is 0 Å². The van der Waals surface area contributed by atoms with Crippen LogP contribution in [0.3, 0.4) is 0 Å². The highest BCUT2D eigenvalue weighted by molar-refractivity contribution is 6.93. The Balaban J connectivity index is 2.02. The van der Waals surface area contributed by atoms with Gasteiger partial charge in [0.05, 0.1) is 8.07 Å². The lowest BCUT2D eigenvalue weighted by Gasteiger charge is -2.44. The van der Waals surface area contributed by atoms with Gasteiger partial charge in [0, 0.05) is 18.3 Å². The Labute approximate surface area is 104 Å². The van der Waals surface area contributed by atoms with E-state index in [1.54, 1.807) is 5.19 Å². The topological polar surface area (TPSA) is 17.1 Å². The van der Waals surface area contributed by atoms with Gasteiger partial charge in [-0.05, 0) is 5.56 Å². The summed E-state index contributed by atoms with van der Waals surface area (Å²) in [6.07, 6.45) is 2.93. The first-order valence-electron chi connectivity index (χ1n) is 6.65. The highest BCUT2D eigenvalue weighted by atomic mass is 28.3. The van der Waals surface area contributed by atoms with E-state index in [2.05, 4.69) is 37.7 Å². The summed E-state index contributed by atoms with van der Waals surface area (Å²) in [5.74, 6) is 0.433. The summed E-state index contributed by atoms with van der Waals surface area (Å²) in [7, 11) is -1.14. The monoisotopic (exact) mass is 244 g/mol. The molecule has 2 aliphatic rings. The van der Waals surface area contributed by atoms with Gasteiger partial charge in [-0.3, -0.25) is 4.79 Å². The maximum atomic E-state index is 11.3. The first-order chi connectivity index (χ1) is 8.04. The molecule has 1 saturated carbocycles. The minimum Gasteiger partial charge on any atom is -0.300 e. The molecule has 0 radical (unpaired) electrons. The zero-order chi connectivity index (χ0) is 12.1. The fourth-order valence-corrected chi connectivity index (χ4v) is 7.01. The van der Waals surface area contributed by atoms with Crippen LogP contribution in [0, 0.1) is 0 Å². The minimum absolute atomic E-state index is 0.152. The molecule has 17 heavy (non-hydrogen) atoms. The summed E-state index contributed by atoms with van der Waals surface area (Å²) in [5.41, 5.74) is 1.65. The Kier molecular flexibility index (Phi) is 2.34. The molecule has 0 aromatic heterocycles. The molecule has 2 heteroatoms. The van der Waals surface area contributed by atoms with Gasteiger partial charge in [-0.1, -0.05) is 61.4 Å². The highest BCUT2D eigenvalue weighted by Crippen LogP contribution is 2.42. The van der Waals surface area contributed by atoms with Crippen molar-refractivity contribution in [2.24, 2.45) is 0 Å². The highest BCUT2D eigenvalue weighted by Gasteiger charge is 2.45. The molecule has 90 valence electrons. The minimum atomic E-state index is -1.14. The van der Waals surface area contributed by atoms with Crippen molar-refractivity contribution < 1.29 is 4.79 Å². The molecule has 0 N–H and O–H groups in total. The molecule has 0 bridgehead atoms. The molecule has 1 aliphatic heterocycles. The Morgan fingerprint density at radius 3 is 2.35 bits per heavy atom. The molecule has 0 spiro atoms. The molecule has 1 heterocycles. The Morgan fingerprint density at radius 1 is 1.18 bits per heavy atom. The van der Waals surface area contributed by atoms with Crippen LogP contribution in [0.15, 0.2) is 24.3 Å². The largest absolute Gasteiger partial charge is 0.300 e. The molecule has 1 saturated heterocycles. The molecular formula is C15H20OSi. The fraction of sp³-hybridized carbons (Fsp3) is 0.533. The van der Waals surface area contributed by atoms with Crippen molar-refractivity contribution in [3.8, 4) is 0 Å². The Bertz CT molecular complexity index is 466. The Morgan fingerprint density at radius 2 is 1.82 bits per heavy atom.